The second-order valence-electron chi connectivity index (χ2n) is 4.58. The van der Waals surface area contributed by atoms with E-state index in [4.69, 9.17) is 16.1 Å². The van der Waals surface area contributed by atoms with Crippen molar-refractivity contribution in [3.05, 3.63) is 34.9 Å². The smallest absolute Gasteiger partial charge is 0.245 e. The number of carbonyl (C=O) groups is 1. The van der Waals surface area contributed by atoms with Gasteiger partial charge in [0.1, 0.15) is 0 Å². The Morgan fingerprint density at radius 1 is 1.43 bits per heavy atom. The minimum absolute atomic E-state index is 0.135. The zero-order valence-electron chi connectivity index (χ0n) is 11.9. The predicted molar refractivity (Wildman–Crippen MR) is 81.4 cm³/mol. The number of carbonyl (C=O) groups excluding carboxylic acids is 1. The van der Waals surface area contributed by atoms with Crippen molar-refractivity contribution in [3.8, 4) is 0 Å². The SMILES string of the molecule is CCCc1noc(CNc2cc(NC(C)=O)ccc2Cl)n1. The third kappa shape index (κ3) is 4.46. The number of anilines is 2. The maximum atomic E-state index is 11.1. The van der Waals surface area contributed by atoms with Crippen molar-refractivity contribution in [3.63, 3.8) is 0 Å². The Morgan fingerprint density at radius 2 is 2.24 bits per heavy atom. The van der Waals surface area contributed by atoms with E-state index in [-0.39, 0.29) is 5.91 Å². The Hall–Kier alpha value is -2.08. The van der Waals surface area contributed by atoms with Gasteiger partial charge in [0.25, 0.3) is 0 Å². The Balaban J connectivity index is 2.02. The molecule has 1 aromatic carbocycles. The monoisotopic (exact) mass is 308 g/mol. The van der Waals surface area contributed by atoms with Gasteiger partial charge in [-0.25, -0.2) is 0 Å². The van der Waals surface area contributed by atoms with Crippen LogP contribution in [0.1, 0.15) is 32.0 Å². The molecule has 2 N–H and O–H groups in total. The van der Waals surface area contributed by atoms with Gasteiger partial charge in [0.15, 0.2) is 5.82 Å². The quantitative estimate of drug-likeness (QED) is 0.856. The van der Waals surface area contributed by atoms with Gasteiger partial charge in [0.05, 0.1) is 17.3 Å². The van der Waals surface area contributed by atoms with Crippen molar-refractivity contribution in [2.75, 3.05) is 10.6 Å². The molecule has 0 bridgehead atoms. The number of nitrogens with zero attached hydrogens (tertiary/aromatic N) is 2. The first-order chi connectivity index (χ1) is 10.1. The van der Waals surface area contributed by atoms with E-state index in [1.54, 1.807) is 18.2 Å². The van der Waals surface area contributed by atoms with Crippen LogP contribution in [0.25, 0.3) is 0 Å². The van der Waals surface area contributed by atoms with Crippen LogP contribution in [0.15, 0.2) is 22.7 Å². The Morgan fingerprint density at radius 3 is 2.95 bits per heavy atom. The lowest BCUT2D eigenvalue weighted by molar-refractivity contribution is -0.114. The van der Waals surface area contributed by atoms with E-state index >= 15 is 0 Å². The molecule has 0 saturated carbocycles. The summed E-state index contributed by atoms with van der Waals surface area (Å²) < 4.78 is 5.14. The van der Waals surface area contributed by atoms with Crippen LogP contribution < -0.4 is 10.6 Å². The lowest BCUT2D eigenvalue weighted by Gasteiger charge is -2.09. The molecule has 6 nitrogen and oxygen atoms in total. The number of benzene rings is 1. The summed E-state index contributed by atoms with van der Waals surface area (Å²) in [7, 11) is 0. The number of hydrogen-bond acceptors (Lipinski definition) is 5. The van der Waals surface area contributed by atoms with E-state index in [1.165, 1.54) is 6.92 Å². The first-order valence-corrected chi connectivity index (χ1v) is 7.08. The molecule has 2 aromatic rings. The first-order valence-electron chi connectivity index (χ1n) is 6.71. The summed E-state index contributed by atoms with van der Waals surface area (Å²) in [6.07, 6.45) is 1.76. The third-order valence-corrected chi connectivity index (χ3v) is 3.03. The molecule has 0 unspecified atom stereocenters. The lowest BCUT2D eigenvalue weighted by atomic mass is 10.2. The molecule has 0 spiro atoms. The normalized spacial score (nSPS) is 10.4. The van der Waals surface area contributed by atoms with Gasteiger partial charge in [-0.3, -0.25) is 4.79 Å². The minimum atomic E-state index is -0.135. The van der Waals surface area contributed by atoms with Crippen molar-refractivity contribution in [1.29, 1.82) is 0 Å². The van der Waals surface area contributed by atoms with Gasteiger partial charge in [-0.1, -0.05) is 23.7 Å². The van der Waals surface area contributed by atoms with Crippen molar-refractivity contribution >= 4 is 28.9 Å². The summed E-state index contributed by atoms with van der Waals surface area (Å²) in [5.74, 6) is 1.07. The highest BCUT2D eigenvalue weighted by Gasteiger charge is 2.07. The van der Waals surface area contributed by atoms with Crippen LogP contribution in [0, 0.1) is 0 Å². The predicted octanol–water partition coefficient (Wildman–Crippen LogP) is 3.25. The number of halogens is 1. The number of nitrogens with one attached hydrogen (secondary N) is 2. The zero-order valence-corrected chi connectivity index (χ0v) is 12.7. The molecule has 0 aliphatic carbocycles. The van der Waals surface area contributed by atoms with E-state index in [0.717, 1.165) is 12.8 Å². The molecule has 21 heavy (non-hydrogen) atoms. The van der Waals surface area contributed by atoms with Gasteiger partial charge in [0, 0.05) is 19.0 Å². The third-order valence-electron chi connectivity index (χ3n) is 2.70. The van der Waals surface area contributed by atoms with Gasteiger partial charge < -0.3 is 15.2 Å². The maximum Gasteiger partial charge on any atom is 0.245 e. The summed E-state index contributed by atoms with van der Waals surface area (Å²) in [5, 5.41) is 10.3. The molecule has 7 heteroatoms. The van der Waals surface area contributed by atoms with E-state index in [0.29, 0.717) is 34.7 Å². The molecule has 1 amide bonds. The molecule has 0 aliphatic heterocycles. The number of aromatic nitrogens is 2. The highest BCUT2D eigenvalue weighted by molar-refractivity contribution is 6.33. The average Bonchev–Trinajstić information content (AvgIpc) is 2.87. The van der Waals surface area contributed by atoms with Crippen LogP contribution in [-0.4, -0.2) is 16.0 Å². The molecule has 0 saturated heterocycles. The Kier molecular flexibility index (Phi) is 5.16. The number of rotatable bonds is 6. The van der Waals surface area contributed by atoms with E-state index in [2.05, 4.69) is 27.7 Å². The minimum Gasteiger partial charge on any atom is -0.375 e. The molecule has 0 atom stereocenters. The maximum absolute atomic E-state index is 11.1. The van der Waals surface area contributed by atoms with Crippen LogP contribution in [-0.2, 0) is 17.8 Å². The Bertz CT molecular complexity index is 627. The number of amides is 1. The molecule has 2 rings (SSSR count). The van der Waals surface area contributed by atoms with Crippen LogP contribution in [0.5, 0.6) is 0 Å². The van der Waals surface area contributed by atoms with Gasteiger partial charge in [-0.2, -0.15) is 4.98 Å². The Labute approximate surface area is 127 Å². The van der Waals surface area contributed by atoms with Gasteiger partial charge in [0.2, 0.25) is 11.8 Å². The fourth-order valence-electron chi connectivity index (χ4n) is 1.80. The molecule has 1 aromatic heterocycles. The van der Waals surface area contributed by atoms with Gasteiger partial charge in [-0.15, -0.1) is 0 Å². The van der Waals surface area contributed by atoms with Gasteiger partial charge >= 0.3 is 0 Å². The molecular weight excluding hydrogens is 292 g/mol. The van der Waals surface area contributed by atoms with Crippen molar-refractivity contribution < 1.29 is 9.32 Å². The molecule has 1 heterocycles. The van der Waals surface area contributed by atoms with E-state index < -0.39 is 0 Å². The van der Waals surface area contributed by atoms with Crippen LogP contribution in [0.4, 0.5) is 11.4 Å². The largest absolute Gasteiger partial charge is 0.375 e. The highest BCUT2D eigenvalue weighted by atomic mass is 35.5. The van der Waals surface area contributed by atoms with Gasteiger partial charge in [-0.05, 0) is 24.6 Å². The van der Waals surface area contributed by atoms with E-state index in [9.17, 15) is 4.79 Å². The zero-order chi connectivity index (χ0) is 15.2. The fraction of sp³-hybridized carbons (Fsp3) is 0.357. The highest BCUT2D eigenvalue weighted by Crippen LogP contribution is 2.26. The van der Waals surface area contributed by atoms with Crippen LogP contribution in [0.3, 0.4) is 0 Å². The molecule has 0 fully saturated rings. The summed E-state index contributed by atoms with van der Waals surface area (Å²) in [5.41, 5.74) is 1.37. The van der Waals surface area contributed by atoms with Crippen molar-refractivity contribution in [1.82, 2.24) is 10.1 Å². The summed E-state index contributed by atoms with van der Waals surface area (Å²) >= 11 is 6.11. The molecule has 0 aliphatic rings. The fourth-order valence-corrected chi connectivity index (χ4v) is 1.98. The standard InChI is InChI=1S/C14H17ClN4O2/c1-3-4-13-18-14(21-19-13)8-16-12-7-10(17-9(2)20)5-6-11(12)15/h5-7,16H,3-4,8H2,1-2H3,(H,17,20). The molecular formula is C14H17ClN4O2. The second-order valence-corrected chi connectivity index (χ2v) is 4.99. The van der Waals surface area contributed by atoms with Crippen LogP contribution >= 0.6 is 11.6 Å². The molecule has 112 valence electrons. The van der Waals surface area contributed by atoms with Crippen molar-refractivity contribution in [2.45, 2.75) is 33.2 Å². The number of hydrogen-bond donors (Lipinski definition) is 2. The van der Waals surface area contributed by atoms with E-state index in [1.807, 2.05) is 0 Å². The van der Waals surface area contributed by atoms with Crippen LogP contribution in [0.2, 0.25) is 5.02 Å². The number of aryl methyl sites for hydroxylation is 1. The average molecular weight is 309 g/mol. The summed E-state index contributed by atoms with van der Waals surface area (Å²) in [6.45, 7) is 3.89. The lowest BCUT2D eigenvalue weighted by Crippen LogP contribution is -2.07. The first kappa shape index (κ1) is 15.3. The summed E-state index contributed by atoms with van der Waals surface area (Å²) in [6, 6.07) is 5.21. The molecule has 0 radical (unpaired) electrons. The summed E-state index contributed by atoms with van der Waals surface area (Å²) in [4.78, 5) is 15.3. The van der Waals surface area contributed by atoms with Crippen molar-refractivity contribution in [2.24, 2.45) is 0 Å². The topological polar surface area (TPSA) is 80.0 Å². The second kappa shape index (κ2) is 7.08.